The lowest BCUT2D eigenvalue weighted by Crippen LogP contribution is -2.17. The molecular formula is C11H23NO. The Morgan fingerprint density at radius 3 is 2.69 bits per heavy atom. The second kappa shape index (κ2) is 7.34. The highest BCUT2D eigenvalue weighted by atomic mass is 16.5. The van der Waals surface area contributed by atoms with Gasteiger partial charge in [-0.3, -0.25) is 0 Å². The highest BCUT2D eigenvalue weighted by molar-refractivity contribution is 4.73. The predicted molar refractivity (Wildman–Crippen MR) is 55.9 cm³/mol. The van der Waals surface area contributed by atoms with Gasteiger partial charge < -0.3 is 10.1 Å². The van der Waals surface area contributed by atoms with Crippen LogP contribution in [0.25, 0.3) is 0 Å². The van der Waals surface area contributed by atoms with Crippen LogP contribution in [0.2, 0.25) is 0 Å². The molecule has 0 saturated heterocycles. The molecule has 0 aromatic rings. The first kappa shape index (κ1) is 11.0. The quantitative estimate of drug-likeness (QED) is 0.556. The average Bonchev–Trinajstić information content (AvgIpc) is 2.93. The molecule has 2 heteroatoms. The SMILES string of the molecule is COCCCCCNCCC1CC1. The smallest absolute Gasteiger partial charge is 0.0462 e. The molecule has 0 radical (unpaired) electrons. The van der Waals surface area contributed by atoms with Gasteiger partial charge in [-0.15, -0.1) is 0 Å². The van der Waals surface area contributed by atoms with Crippen molar-refractivity contribution in [1.82, 2.24) is 5.32 Å². The molecule has 0 aliphatic heterocycles. The average molecular weight is 185 g/mol. The van der Waals surface area contributed by atoms with Gasteiger partial charge in [0.2, 0.25) is 0 Å². The third kappa shape index (κ3) is 7.03. The minimum absolute atomic E-state index is 0.919. The predicted octanol–water partition coefficient (Wildman–Crippen LogP) is 2.19. The summed E-state index contributed by atoms with van der Waals surface area (Å²) >= 11 is 0. The van der Waals surface area contributed by atoms with E-state index >= 15 is 0 Å². The fourth-order valence-corrected chi connectivity index (χ4v) is 1.51. The Bertz CT molecular complexity index is 113. The largest absolute Gasteiger partial charge is 0.385 e. The zero-order chi connectivity index (χ0) is 9.36. The molecule has 78 valence electrons. The molecule has 0 amide bonds. The van der Waals surface area contributed by atoms with Gasteiger partial charge in [-0.05, 0) is 44.7 Å². The highest BCUT2D eigenvalue weighted by Crippen LogP contribution is 2.31. The van der Waals surface area contributed by atoms with E-state index in [9.17, 15) is 0 Å². The van der Waals surface area contributed by atoms with Crippen molar-refractivity contribution in [2.45, 2.75) is 38.5 Å². The first-order chi connectivity index (χ1) is 6.43. The number of ether oxygens (including phenoxy) is 1. The standard InChI is InChI=1S/C11H23NO/c1-13-10-4-2-3-8-12-9-7-11-5-6-11/h11-12H,2-10H2,1H3. The molecule has 1 N–H and O–H groups in total. The number of methoxy groups -OCH3 is 1. The molecule has 0 spiro atoms. The summed E-state index contributed by atoms with van der Waals surface area (Å²) < 4.78 is 4.99. The molecule has 1 fully saturated rings. The molecule has 0 aromatic heterocycles. The Kier molecular flexibility index (Phi) is 6.21. The molecule has 0 bridgehead atoms. The topological polar surface area (TPSA) is 21.3 Å². The summed E-state index contributed by atoms with van der Waals surface area (Å²) in [4.78, 5) is 0. The third-order valence-electron chi connectivity index (χ3n) is 2.63. The summed E-state index contributed by atoms with van der Waals surface area (Å²) in [5, 5.41) is 3.49. The van der Waals surface area contributed by atoms with E-state index in [1.54, 1.807) is 7.11 Å². The Labute approximate surface area is 82.0 Å². The fourth-order valence-electron chi connectivity index (χ4n) is 1.51. The van der Waals surface area contributed by atoms with Crippen molar-refractivity contribution in [1.29, 1.82) is 0 Å². The van der Waals surface area contributed by atoms with Crippen molar-refractivity contribution in [3.05, 3.63) is 0 Å². The summed E-state index contributed by atoms with van der Waals surface area (Å²) in [6.07, 6.45) is 8.17. The Hall–Kier alpha value is -0.0800. The molecule has 2 nitrogen and oxygen atoms in total. The van der Waals surface area contributed by atoms with Crippen LogP contribution in [0.3, 0.4) is 0 Å². The van der Waals surface area contributed by atoms with E-state index in [0.717, 1.165) is 12.5 Å². The van der Waals surface area contributed by atoms with Gasteiger partial charge in [0.1, 0.15) is 0 Å². The van der Waals surface area contributed by atoms with Crippen LogP contribution in [0.4, 0.5) is 0 Å². The van der Waals surface area contributed by atoms with Crippen molar-refractivity contribution in [2.75, 3.05) is 26.8 Å². The Morgan fingerprint density at radius 1 is 1.15 bits per heavy atom. The molecule has 1 saturated carbocycles. The van der Waals surface area contributed by atoms with Crippen LogP contribution >= 0.6 is 0 Å². The van der Waals surface area contributed by atoms with Crippen LogP contribution in [-0.2, 0) is 4.74 Å². The second-order valence-corrected chi connectivity index (χ2v) is 4.04. The third-order valence-corrected chi connectivity index (χ3v) is 2.63. The maximum Gasteiger partial charge on any atom is 0.0462 e. The number of hydrogen-bond donors (Lipinski definition) is 1. The Morgan fingerprint density at radius 2 is 2.00 bits per heavy atom. The van der Waals surface area contributed by atoms with Gasteiger partial charge >= 0.3 is 0 Å². The van der Waals surface area contributed by atoms with Gasteiger partial charge in [0, 0.05) is 13.7 Å². The van der Waals surface area contributed by atoms with Gasteiger partial charge in [-0.2, -0.15) is 0 Å². The maximum atomic E-state index is 4.99. The fraction of sp³-hybridized carbons (Fsp3) is 1.00. The van der Waals surface area contributed by atoms with Crippen LogP contribution in [0.5, 0.6) is 0 Å². The molecule has 0 aromatic carbocycles. The van der Waals surface area contributed by atoms with E-state index in [1.807, 2.05) is 0 Å². The van der Waals surface area contributed by atoms with E-state index in [1.165, 1.54) is 51.6 Å². The normalized spacial score (nSPS) is 16.4. The molecule has 1 aliphatic rings. The van der Waals surface area contributed by atoms with Crippen LogP contribution in [-0.4, -0.2) is 26.8 Å². The molecule has 0 heterocycles. The molecule has 1 rings (SSSR count). The zero-order valence-corrected chi connectivity index (χ0v) is 8.85. The van der Waals surface area contributed by atoms with Crippen LogP contribution in [0, 0.1) is 5.92 Å². The van der Waals surface area contributed by atoms with Crippen molar-refractivity contribution >= 4 is 0 Å². The van der Waals surface area contributed by atoms with Crippen molar-refractivity contribution in [3.63, 3.8) is 0 Å². The molecule has 0 atom stereocenters. The van der Waals surface area contributed by atoms with E-state index in [-0.39, 0.29) is 0 Å². The van der Waals surface area contributed by atoms with Gasteiger partial charge in [-0.25, -0.2) is 0 Å². The first-order valence-corrected chi connectivity index (χ1v) is 5.63. The minimum Gasteiger partial charge on any atom is -0.385 e. The molecule has 1 aliphatic carbocycles. The van der Waals surface area contributed by atoms with Gasteiger partial charge in [-0.1, -0.05) is 12.8 Å². The van der Waals surface area contributed by atoms with Gasteiger partial charge in [0.25, 0.3) is 0 Å². The number of nitrogens with one attached hydrogen (secondary N) is 1. The monoisotopic (exact) mass is 185 g/mol. The van der Waals surface area contributed by atoms with E-state index in [2.05, 4.69) is 5.32 Å². The number of rotatable bonds is 9. The van der Waals surface area contributed by atoms with E-state index < -0.39 is 0 Å². The zero-order valence-electron chi connectivity index (χ0n) is 8.85. The lowest BCUT2D eigenvalue weighted by molar-refractivity contribution is 0.192. The summed E-state index contributed by atoms with van der Waals surface area (Å²) in [5.74, 6) is 1.07. The number of unbranched alkanes of at least 4 members (excludes halogenated alkanes) is 2. The van der Waals surface area contributed by atoms with Crippen molar-refractivity contribution < 1.29 is 4.74 Å². The summed E-state index contributed by atoms with van der Waals surface area (Å²) in [5.41, 5.74) is 0. The van der Waals surface area contributed by atoms with E-state index in [4.69, 9.17) is 4.74 Å². The molecule has 13 heavy (non-hydrogen) atoms. The van der Waals surface area contributed by atoms with Crippen LogP contribution in [0.15, 0.2) is 0 Å². The summed E-state index contributed by atoms with van der Waals surface area (Å²) in [6.45, 7) is 3.34. The van der Waals surface area contributed by atoms with Crippen molar-refractivity contribution in [2.24, 2.45) is 5.92 Å². The van der Waals surface area contributed by atoms with Crippen LogP contribution in [0.1, 0.15) is 38.5 Å². The van der Waals surface area contributed by atoms with Crippen LogP contribution < -0.4 is 5.32 Å². The lowest BCUT2D eigenvalue weighted by atomic mass is 10.2. The summed E-state index contributed by atoms with van der Waals surface area (Å²) in [6, 6.07) is 0. The van der Waals surface area contributed by atoms with Crippen molar-refractivity contribution in [3.8, 4) is 0 Å². The minimum atomic E-state index is 0.919. The van der Waals surface area contributed by atoms with Gasteiger partial charge in [0.05, 0.1) is 0 Å². The van der Waals surface area contributed by atoms with E-state index in [0.29, 0.717) is 0 Å². The lowest BCUT2D eigenvalue weighted by Gasteiger charge is -2.03. The highest BCUT2D eigenvalue weighted by Gasteiger charge is 2.19. The first-order valence-electron chi connectivity index (χ1n) is 5.63. The summed E-state index contributed by atoms with van der Waals surface area (Å²) in [7, 11) is 1.77. The Balaban J connectivity index is 1.63. The number of hydrogen-bond acceptors (Lipinski definition) is 2. The maximum absolute atomic E-state index is 4.99. The van der Waals surface area contributed by atoms with Gasteiger partial charge in [0.15, 0.2) is 0 Å². The second-order valence-electron chi connectivity index (χ2n) is 4.04. The molecule has 0 unspecified atom stereocenters. The molecular weight excluding hydrogens is 162 g/mol.